The van der Waals surface area contributed by atoms with Gasteiger partial charge in [0.25, 0.3) is 0 Å². The maximum Gasteiger partial charge on any atom is 0.305 e. The van der Waals surface area contributed by atoms with Crippen molar-refractivity contribution < 1.29 is 19.7 Å². The van der Waals surface area contributed by atoms with Gasteiger partial charge in [0.15, 0.2) is 0 Å². The lowest BCUT2D eigenvalue weighted by atomic mass is 9.99. The van der Waals surface area contributed by atoms with Crippen molar-refractivity contribution in [3.63, 3.8) is 0 Å². The predicted molar refractivity (Wildman–Crippen MR) is 94.3 cm³/mol. The number of hydrogen-bond donors (Lipinski definition) is 2. The van der Waals surface area contributed by atoms with Gasteiger partial charge in [0.05, 0.1) is 19.3 Å². The van der Waals surface area contributed by atoms with Gasteiger partial charge in [-0.2, -0.15) is 0 Å². The number of aliphatic hydroxyl groups is 2. The van der Waals surface area contributed by atoms with Gasteiger partial charge < -0.3 is 14.9 Å². The van der Waals surface area contributed by atoms with Gasteiger partial charge in [0.1, 0.15) is 0 Å². The summed E-state index contributed by atoms with van der Waals surface area (Å²) in [6.07, 6.45) is 12.9. The van der Waals surface area contributed by atoms with Gasteiger partial charge in [-0.15, -0.1) is 0 Å². The second-order valence-corrected chi connectivity index (χ2v) is 6.57. The zero-order valence-corrected chi connectivity index (χ0v) is 15.3. The Hall–Kier alpha value is -0.610. The molecule has 0 fully saturated rings. The van der Waals surface area contributed by atoms with Gasteiger partial charge in [-0.1, -0.05) is 71.1 Å². The molecule has 0 bridgehead atoms. The van der Waals surface area contributed by atoms with Gasteiger partial charge in [0, 0.05) is 6.42 Å². The zero-order valence-electron chi connectivity index (χ0n) is 15.3. The van der Waals surface area contributed by atoms with E-state index in [1.54, 1.807) is 0 Å². The molecular weight excluding hydrogens is 292 g/mol. The van der Waals surface area contributed by atoms with Crippen LogP contribution in [0.15, 0.2) is 0 Å². The number of unbranched alkanes of at least 4 members (excludes halogenated alkanes) is 9. The summed E-state index contributed by atoms with van der Waals surface area (Å²) in [7, 11) is 1.41. The molecule has 0 saturated carbocycles. The number of rotatable bonds is 16. The van der Waals surface area contributed by atoms with E-state index in [9.17, 15) is 15.0 Å². The first-order chi connectivity index (χ1) is 11.1. The molecule has 0 amide bonds. The first-order valence-electron chi connectivity index (χ1n) is 9.54. The molecule has 0 aromatic rings. The van der Waals surface area contributed by atoms with Crippen LogP contribution in [0, 0.1) is 0 Å². The highest BCUT2D eigenvalue weighted by Crippen LogP contribution is 2.15. The largest absolute Gasteiger partial charge is 0.469 e. The normalized spacial score (nSPS) is 13.7. The summed E-state index contributed by atoms with van der Waals surface area (Å²) in [6, 6.07) is 0. The summed E-state index contributed by atoms with van der Waals surface area (Å²) in [5, 5.41) is 19.9. The minimum absolute atomic E-state index is 0.157. The third kappa shape index (κ3) is 14.7. The Morgan fingerprint density at radius 3 is 1.70 bits per heavy atom. The van der Waals surface area contributed by atoms with Gasteiger partial charge in [-0.25, -0.2) is 0 Å². The van der Waals surface area contributed by atoms with Crippen LogP contribution in [0.2, 0.25) is 0 Å². The third-order valence-corrected chi connectivity index (χ3v) is 4.41. The Bertz CT molecular complexity index is 268. The Labute approximate surface area is 142 Å². The van der Waals surface area contributed by atoms with Crippen molar-refractivity contribution in [3.8, 4) is 0 Å². The molecule has 0 heterocycles. The Morgan fingerprint density at radius 2 is 1.22 bits per heavy atom. The number of ether oxygens (including phenoxy) is 1. The van der Waals surface area contributed by atoms with E-state index in [1.165, 1.54) is 39.2 Å². The highest BCUT2D eigenvalue weighted by atomic mass is 16.5. The van der Waals surface area contributed by atoms with Crippen LogP contribution in [0.5, 0.6) is 0 Å². The van der Waals surface area contributed by atoms with Gasteiger partial charge >= 0.3 is 5.97 Å². The monoisotopic (exact) mass is 330 g/mol. The number of aliphatic hydroxyl groups excluding tert-OH is 2. The fraction of sp³-hybridized carbons (Fsp3) is 0.947. The summed E-state index contributed by atoms with van der Waals surface area (Å²) >= 11 is 0. The molecule has 23 heavy (non-hydrogen) atoms. The SMILES string of the molecule is CCCCCCCCCC(O)C(O)CCCCCCC(=O)OC. The molecule has 4 nitrogen and oxygen atoms in total. The maximum absolute atomic E-state index is 10.9. The van der Waals surface area contributed by atoms with Gasteiger partial charge in [-0.05, 0) is 19.3 Å². The van der Waals surface area contributed by atoms with Crippen LogP contribution in [-0.4, -0.2) is 35.5 Å². The molecule has 0 rings (SSSR count). The zero-order chi connectivity index (χ0) is 17.3. The van der Waals surface area contributed by atoms with Crippen LogP contribution in [0.1, 0.15) is 96.8 Å². The van der Waals surface area contributed by atoms with Crippen LogP contribution in [-0.2, 0) is 9.53 Å². The number of hydrogen-bond acceptors (Lipinski definition) is 4. The van der Waals surface area contributed by atoms with E-state index in [2.05, 4.69) is 11.7 Å². The molecule has 0 saturated heterocycles. The Morgan fingerprint density at radius 1 is 0.783 bits per heavy atom. The molecule has 0 aliphatic rings. The van der Waals surface area contributed by atoms with Crippen molar-refractivity contribution in [1.29, 1.82) is 0 Å². The second kappa shape index (κ2) is 16.3. The van der Waals surface area contributed by atoms with E-state index in [1.807, 2.05) is 0 Å². The molecule has 0 aromatic heterocycles. The van der Waals surface area contributed by atoms with Crippen molar-refractivity contribution in [3.05, 3.63) is 0 Å². The summed E-state index contributed by atoms with van der Waals surface area (Å²) in [5.41, 5.74) is 0. The predicted octanol–water partition coefficient (Wildman–Crippen LogP) is 4.36. The summed E-state index contributed by atoms with van der Waals surface area (Å²) < 4.78 is 4.59. The number of methoxy groups -OCH3 is 1. The van der Waals surface area contributed by atoms with Crippen molar-refractivity contribution in [2.45, 2.75) is 109 Å². The van der Waals surface area contributed by atoms with E-state index in [0.717, 1.165) is 38.5 Å². The van der Waals surface area contributed by atoms with Crippen LogP contribution < -0.4 is 0 Å². The summed E-state index contributed by atoms with van der Waals surface area (Å²) in [4.78, 5) is 10.9. The van der Waals surface area contributed by atoms with E-state index in [4.69, 9.17) is 0 Å². The highest BCUT2D eigenvalue weighted by molar-refractivity contribution is 5.68. The standard InChI is InChI=1S/C19H38O4/c1-3-4-5-6-7-8-11-14-17(20)18(21)15-12-9-10-13-16-19(22)23-2/h17-18,20-21H,3-16H2,1-2H3. The third-order valence-electron chi connectivity index (χ3n) is 4.41. The van der Waals surface area contributed by atoms with Crippen molar-refractivity contribution in [2.75, 3.05) is 7.11 Å². The number of esters is 1. The lowest BCUT2D eigenvalue weighted by Crippen LogP contribution is -2.25. The minimum Gasteiger partial charge on any atom is -0.469 e. The highest BCUT2D eigenvalue weighted by Gasteiger charge is 2.15. The number of carbonyl (C=O) groups excluding carboxylic acids is 1. The van der Waals surface area contributed by atoms with E-state index in [0.29, 0.717) is 19.3 Å². The topological polar surface area (TPSA) is 66.8 Å². The average molecular weight is 331 g/mol. The number of carbonyl (C=O) groups is 1. The summed E-state index contributed by atoms with van der Waals surface area (Å²) in [6.45, 7) is 2.22. The first kappa shape index (κ1) is 22.4. The molecule has 0 spiro atoms. The molecule has 0 aliphatic heterocycles. The molecule has 0 radical (unpaired) electrons. The Kier molecular flexibility index (Phi) is 15.8. The van der Waals surface area contributed by atoms with Crippen LogP contribution in [0.4, 0.5) is 0 Å². The molecule has 2 N–H and O–H groups in total. The van der Waals surface area contributed by atoms with E-state index in [-0.39, 0.29) is 5.97 Å². The molecular formula is C19H38O4. The van der Waals surface area contributed by atoms with Crippen molar-refractivity contribution in [2.24, 2.45) is 0 Å². The fourth-order valence-electron chi connectivity index (χ4n) is 2.77. The van der Waals surface area contributed by atoms with Gasteiger partial charge in [-0.3, -0.25) is 4.79 Å². The van der Waals surface area contributed by atoms with E-state index < -0.39 is 12.2 Å². The summed E-state index contributed by atoms with van der Waals surface area (Å²) in [5.74, 6) is -0.157. The first-order valence-corrected chi connectivity index (χ1v) is 9.54. The van der Waals surface area contributed by atoms with Crippen LogP contribution in [0.25, 0.3) is 0 Å². The minimum atomic E-state index is -0.601. The van der Waals surface area contributed by atoms with Crippen molar-refractivity contribution in [1.82, 2.24) is 0 Å². The van der Waals surface area contributed by atoms with Crippen LogP contribution >= 0.6 is 0 Å². The molecule has 0 aliphatic carbocycles. The lowest BCUT2D eigenvalue weighted by molar-refractivity contribution is -0.140. The molecule has 2 atom stereocenters. The molecule has 2 unspecified atom stereocenters. The Balaban J connectivity index is 3.41. The fourth-order valence-corrected chi connectivity index (χ4v) is 2.77. The molecule has 138 valence electrons. The second-order valence-electron chi connectivity index (χ2n) is 6.57. The van der Waals surface area contributed by atoms with E-state index >= 15 is 0 Å². The quantitative estimate of drug-likeness (QED) is 0.326. The molecule has 0 aromatic carbocycles. The van der Waals surface area contributed by atoms with Crippen molar-refractivity contribution >= 4 is 5.97 Å². The van der Waals surface area contributed by atoms with Crippen LogP contribution in [0.3, 0.4) is 0 Å². The maximum atomic E-state index is 10.9. The van der Waals surface area contributed by atoms with Gasteiger partial charge in [0.2, 0.25) is 0 Å². The average Bonchev–Trinajstić information content (AvgIpc) is 2.56. The smallest absolute Gasteiger partial charge is 0.305 e. The molecule has 4 heteroatoms. The lowest BCUT2D eigenvalue weighted by Gasteiger charge is -2.17.